The highest BCUT2D eigenvalue weighted by Gasteiger charge is 2.42. The van der Waals surface area contributed by atoms with Crippen LogP contribution in [0, 0.1) is 0 Å². The molecule has 1 aliphatic carbocycles. The van der Waals surface area contributed by atoms with Crippen LogP contribution >= 0.6 is 11.8 Å². The van der Waals surface area contributed by atoms with Gasteiger partial charge >= 0.3 is 0 Å². The average Bonchev–Trinajstić information content (AvgIpc) is 3.11. The van der Waals surface area contributed by atoms with E-state index in [4.69, 9.17) is 0 Å². The summed E-state index contributed by atoms with van der Waals surface area (Å²) >= 11 is 1.78. The fourth-order valence-corrected chi connectivity index (χ4v) is 2.58. The van der Waals surface area contributed by atoms with Crippen molar-refractivity contribution >= 4 is 11.8 Å². The Morgan fingerprint density at radius 1 is 1.29 bits per heavy atom. The molecule has 1 fully saturated rings. The molecule has 1 aromatic rings. The molecule has 1 aliphatic rings. The largest absolute Gasteiger partial charge is 0.309 e. The molecule has 0 saturated heterocycles. The summed E-state index contributed by atoms with van der Waals surface area (Å²) in [5.41, 5.74) is 0.0847. The van der Waals surface area contributed by atoms with Gasteiger partial charge in [-0.05, 0) is 19.1 Å². The van der Waals surface area contributed by atoms with Crippen LogP contribution in [0.4, 0.5) is 8.78 Å². The first kappa shape index (κ1) is 12.8. The third-order valence-corrected chi connectivity index (χ3v) is 4.65. The van der Waals surface area contributed by atoms with Gasteiger partial charge in [0.2, 0.25) is 0 Å². The molecule has 0 spiro atoms. The van der Waals surface area contributed by atoms with Crippen molar-refractivity contribution in [1.82, 2.24) is 5.32 Å². The lowest BCUT2D eigenvalue weighted by atomic mass is 10.1. The average molecular weight is 257 g/mol. The van der Waals surface area contributed by atoms with Crippen LogP contribution in [-0.4, -0.2) is 24.1 Å². The van der Waals surface area contributed by atoms with Gasteiger partial charge in [0, 0.05) is 16.9 Å². The maximum atomic E-state index is 13.8. The van der Waals surface area contributed by atoms with Crippen molar-refractivity contribution in [3.63, 3.8) is 0 Å². The predicted octanol–water partition coefficient (Wildman–Crippen LogP) is 3.26. The Balaban J connectivity index is 1.85. The van der Waals surface area contributed by atoms with Crippen LogP contribution in [0.2, 0.25) is 0 Å². The van der Waals surface area contributed by atoms with E-state index < -0.39 is 5.92 Å². The zero-order chi connectivity index (χ0) is 12.4. The van der Waals surface area contributed by atoms with Crippen molar-refractivity contribution in [2.75, 3.05) is 19.3 Å². The van der Waals surface area contributed by atoms with E-state index in [0.717, 1.165) is 12.8 Å². The third kappa shape index (κ3) is 3.19. The highest BCUT2D eigenvalue weighted by molar-refractivity contribution is 8.00. The molecule has 0 heterocycles. The minimum absolute atomic E-state index is 0.0847. The van der Waals surface area contributed by atoms with Gasteiger partial charge in [-0.25, -0.2) is 0 Å². The summed E-state index contributed by atoms with van der Waals surface area (Å²) < 4.78 is 27.8. The first-order valence-electron chi connectivity index (χ1n) is 5.77. The molecule has 0 atom stereocenters. The normalized spacial score (nSPS) is 18.1. The Hall–Kier alpha value is -0.610. The number of thioether (sulfide) groups is 1. The number of hydrogen-bond acceptors (Lipinski definition) is 2. The van der Waals surface area contributed by atoms with E-state index in [2.05, 4.69) is 5.32 Å². The molecule has 1 aromatic carbocycles. The molecule has 0 aliphatic heterocycles. The Kier molecular flexibility index (Phi) is 3.73. The van der Waals surface area contributed by atoms with E-state index >= 15 is 0 Å². The van der Waals surface area contributed by atoms with Crippen molar-refractivity contribution in [3.05, 3.63) is 35.9 Å². The van der Waals surface area contributed by atoms with Crippen LogP contribution in [0.5, 0.6) is 0 Å². The first-order chi connectivity index (χ1) is 8.08. The standard InChI is InChI=1S/C13H17F2NS/c1-17-12(7-8-12)9-16-10-13(14,15)11-5-3-2-4-6-11/h2-6,16H,7-10H2,1H3. The van der Waals surface area contributed by atoms with Crippen LogP contribution in [0.1, 0.15) is 18.4 Å². The van der Waals surface area contributed by atoms with Crippen molar-refractivity contribution in [2.45, 2.75) is 23.5 Å². The van der Waals surface area contributed by atoms with Crippen LogP contribution < -0.4 is 5.32 Å². The quantitative estimate of drug-likeness (QED) is 0.839. The molecular formula is C13H17F2NS. The zero-order valence-corrected chi connectivity index (χ0v) is 10.7. The molecule has 0 bridgehead atoms. The van der Waals surface area contributed by atoms with Crippen LogP contribution in [0.25, 0.3) is 0 Å². The van der Waals surface area contributed by atoms with Gasteiger partial charge in [0.15, 0.2) is 0 Å². The van der Waals surface area contributed by atoms with E-state index in [1.54, 1.807) is 30.0 Å². The second kappa shape index (κ2) is 4.94. The number of benzene rings is 1. The Morgan fingerprint density at radius 3 is 2.47 bits per heavy atom. The molecule has 0 radical (unpaired) electrons. The molecule has 1 saturated carbocycles. The lowest BCUT2D eigenvalue weighted by Crippen LogP contribution is -2.35. The lowest BCUT2D eigenvalue weighted by molar-refractivity contribution is -0.00297. The molecule has 4 heteroatoms. The highest BCUT2D eigenvalue weighted by atomic mass is 32.2. The van der Waals surface area contributed by atoms with Crippen LogP contribution in [-0.2, 0) is 5.92 Å². The van der Waals surface area contributed by atoms with Crippen LogP contribution in [0.15, 0.2) is 30.3 Å². The first-order valence-corrected chi connectivity index (χ1v) is 7.00. The predicted molar refractivity (Wildman–Crippen MR) is 68.7 cm³/mol. The summed E-state index contributed by atoms with van der Waals surface area (Å²) in [7, 11) is 0. The number of hydrogen-bond donors (Lipinski definition) is 1. The van der Waals surface area contributed by atoms with Gasteiger partial charge in [-0.3, -0.25) is 0 Å². The maximum absolute atomic E-state index is 13.8. The molecular weight excluding hydrogens is 240 g/mol. The summed E-state index contributed by atoms with van der Waals surface area (Å²) in [6.45, 7) is 0.399. The smallest absolute Gasteiger partial charge is 0.285 e. The second-order valence-electron chi connectivity index (χ2n) is 4.56. The maximum Gasteiger partial charge on any atom is 0.285 e. The minimum atomic E-state index is -2.78. The molecule has 17 heavy (non-hydrogen) atoms. The number of alkyl halides is 2. The van der Waals surface area contributed by atoms with Crippen molar-refractivity contribution in [3.8, 4) is 0 Å². The van der Waals surface area contributed by atoms with Gasteiger partial charge in [-0.1, -0.05) is 30.3 Å². The zero-order valence-electron chi connectivity index (χ0n) is 9.88. The van der Waals surface area contributed by atoms with Gasteiger partial charge < -0.3 is 5.32 Å². The Labute approximate surface area is 105 Å². The number of nitrogens with one attached hydrogen (secondary N) is 1. The van der Waals surface area contributed by atoms with Gasteiger partial charge in [-0.15, -0.1) is 0 Å². The van der Waals surface area contributed by atoms with E-state index in [1.807, 2.05) is 6.26 Å². The van der Waals surface area contributed by atoms with Gasteiger partial charge in [0.1, 0.15) is 0 Å². The highest BCUT2D eigenvalue weighted by Crippen LogP contribution is 2.46. The molecule has 0 amide bonds. The van der Waals surface area contributed by atoms with Gasteiger partial charge in [-0.2, -0.15) is 20.5 Å². The molecule has 94 valence electrons. The molecule has 0 unspecified atom stereocenters. The van der Waals surface area contributed by atoms with Gasteiger partial charge in [0.25, 0.3) is 5.92 Å². The van der Waals surface area contributed by atoms with Crippen molar-refractivity contribution in [1.29, 1.82) is 0 Å². The minimum Gasteiger partial charge on any atom is -0.309 e. The summed E-state index contributed by atoms with van der Waals surface area (Å²) in [5.74, 6) is -2.78. The van der Waals surface area contributed by atoms with E-state index in [9.17, 15) is 8.78 Å². The lowest BCUT2D eigenvalue weighted by Gasteiger charge is -2.19. The van der Waals surface area contributed by atoms with Crippen LogP contribution in [0.3, 0.4) is 0 Å². The fraction of sp³-hybridized carbons (Fsp3) is 0.538. The Morgan fingerprint density at radius 2 is 1.94 bits per heavy atom. The number of rotatable bonds is 6. The second-order valence-corrected chi connectivity index (χ2v) is 5.84. The van der Waals surface area contributed by atoms with E-state index in [-0.39, 0.29) is 16.9 Å². The fourth-order valence-electron chi connectivity index (χ4n) is 1.82. The Bertz CT molecular complexity index is 363. The van der Waals surface area contributed by atoms with Gasteiger partial charge in [0.05, 0.1) is 6.54 Å². The number of halogens is 2. The van der Waals surface area contributed by atoms with E-state index in [1.165, 1.54) is 12.1 Å². The summed E-state index contributed by atoms with van der Waals surface area (Å²) in [5, 5.41) is 2.91. The monoisotopic (exact) mass is 257 g/mol. The molecule has 1 nitrogen and oxygen atoms in total. The summed E-state index contributed by atoms with van der Waals surface area (Å²) in [6.07, 6.45) is 4.32. The summed E-state index contributed by atoms with van der Waals surface area (Å²) in [6, 6.07) is 7.99. The summed E-state index contributed by atoms with van der Waals surface area (Å²) in [4.78, 5) is 0. The topological polar surface area (TPSA) is 12.0 Å². The molecule has 0 aromatic heterocycles. The van der Waals surface area contributed by atoms with Crippen molar-refractivity contribution < 1.29 is 8.78 Å². The molecule has 1 N–H and O–H groups in total. The molecule has 2 rings (SSSR count). The third-order valence-electron chi connectivity index (χ3n) is 3.23. The van der Waals surface area contributed by atoms with Crippen molar-refractivity contribution in [2.24, 2.45) is 0 Å². The van der Waals surface area contributed by atoms with E-state index in [0.29, 0.717) is 6.54 Å². The SMILES string of the molecule is CSC1(CNCC(F)(F)c2ccccc2)CC1.